The molecule has 2 aromatic carbocycles. The fourth-order valence-corrected chi connectivity index (χ4v) is 1.77. The molecule has 0 amide bonds. The molecule has 0 unspecified atom stereocenters. The van der Waals surface area contributed by atoms with Crippen LogP contribution in [0, 0.1) is 11.6 Å². The van der Waals surface area contributed by atoms with Crippen molar-refractivity contribution in [3.63, 3.8) is 0 Å². The van der Waals surface area contributed by atoms with Gasteiger partial charge in [-0.15, -0.1) is 5.10 Å². The van der Waals surface area contributed by atoms with Crippen LogP contribution >= 0.6 is 0 Å². The molecule has 0 saturated heterocycles. The maximum absolute atomic E-state index is 13.8. The number of benzene rings is 2. The Kier molecular flexibility index (Phi) is 2.75. The molecule has 0 aliphatic heterocycles. The first-order valence-corrected chi connectivity index (χ1v) is 5.55. The SMILES string of the molecule is Fc1ccc(-n2nnnc2-c2ccccc2)c(F)c1. The Morgan fingerprint density at radius 3 is 2.47 bits per heavy atom. The fraction of sp³-hybridized carbons (Fsp3) is 0. The van der Waals surface area contributed by atoms with Crippen LogP contribution in [0.3, 0.4) is 0 Å². The first kappa shape index (κ1) is 11.5. The van der Waals surface area contributed by atoms with Gasteiger partial charge in [-0.1, -0.05) is 30.3 Å². The molecular weight excluding hydrogens is 250 g/mol. The summed E-state index contributed by atoms with van der Waals surface area (Å²) in [5, 5.41) is 11.2. The summed E-state index contributed by atoms with van der Waals surface area (Å²) in [5.41, 5.74) is 0.849. The summed E-state index contributed by atoms with van der Waals surface area (Å²) < 4.78 is 27.9. The highest BCUT2D eigenvalue weighted by Gasteiger charge is 2.14. The van der Waals surface area contributed by atoms with Crippen molar-refractivity contribution < 1.29 is 8.78 Å². The minimum Gasteiger partial charge on any atom is -0.207 e. The van der Waals surface area contributed by atoms with E-state index >= 15 is 0 Å². The van der Waals surface area contributed by atoms with E-state index in [1.54, 1.807) is 0 Å². The molecule has 1 aromatic heterocycles. The molecule has 1 heterocycles. The Labute approximate surface area is 107 Å². The van der Waals surface area contributed by atoms with Crippen LogP contribution in [0.15, 0.2) is 48.5 Å². The first-order valence-electron chi connectivity index (χ1n) is 5.55. The third-order valence-electron chi connectivity index (χ3n) is 2.64. The molecule has 0 atom stereocenters. The van der Waals surface area contributed by atoms with Gasteiger partial charge in [0.1, 0.15) is 11.5 Å². The largest absolute Gasteiger partial charge is 0.207 e. The summed E-state index contributed by atoms with van der Waals surface area (Å²) in [6.45, 7) is 0. The molecule has 0 aliphatic rings. The summed E-state index contributed by atoms with van der Waals surface area (Å²) in [5.74, 6) is -0.967. The molecule has 0 bridgehead atoms. The number of rotatable bonds is 2. The quantitative estimate of drug-likeness (QED) is 0.709. The van der Waals surface area contributed by atoms with Crippen LogP contribution in [-0.2, 0) is 0 Å². The molecule has 19 heavy (non-hydrogen) atoms. The fourth-order valence-electron chi connectivity index (χ4n) is 1.77. The molecule has 6 heteroatoms. The van der Waals surface area contributed by atoms with Gasteiger partial charge in [0.05, 0.1) is 0 Å². The highest BCUT2D eigenvalue weighted by Crippen LogP contribution is 2.21. The van der Waals surface area contributed by atoms with Gasteiger partial charge >= 0.3 is 0 Å². The van der Waals surface area contributed by atoms with E-state index in [0.29, 0.717) is 5.82 Å². The van der Waals surface area contributed by atoms with E-state index in [4.69, 9.17) is 0 Å². The van der Waals surface area contributed by atoms with E-state index in [-0.39, 0.29) is 5.69 Å². The van der Waals surface area contributed by atoms with Gasteiger partial charge in [0, 0.05) is 11.6 Å². The number of hydrogen-bond acceptors (Lipinski definition) is 3. The molecule has 0 saturated carbocycles. The van der Waals surface area contributed by atoms with Crippen LogP contribution in [-0.4, -0.2) is 20.2 Å². The van der Waals surface area contributed by atoms with E-state index in [0.717, 1.165) is 17.7 Å². The zero-order valence-corrected chi connectivity index (χ0v) is 9.66. The molecule has 0 N–H and O–H groups in total. The molecule has 0 spiro atoms. The van der Waals surface area contributed by atoms with E-state index in [9.17, 15) is 8.78 Å². The Bertz CT molecular complexity index is 710. The van der Waals surface area contributed by atoms with Crippen LogP contribution < -0.4 is 0 Å². The van der Waals surface area contributed by atoms with Crippen molar-refractivity contribution in [3.8, 4) is 17.1 Å². The Morgan fingerprint density at radius 2 is 1.74 bits per heavy atom. The summed E-state index contributed by atoms with van der Waals surface area (Å²) in [6.07, 6.45) is 0. The minimum absolute atomic E-state index is 0.102. The molecule has 3 aromatic rings. The van der Waals surface area contributed by atoms with Gasteiger partial charge in [-0.05, 0) is 22.6 Å². The van der Waals surface area contributed by atoms with Crippen molar-refractivity contribution in [1.29, 1.82) is 0 Å². The van der Waals surface area contributed by atoms with Crippen molar-refractivity contribution >= 4 is 0 Å². The van der Waals surface area contributed by atoms with Crippen LogP contribution in [0.2, 0.25) is 0 Å². The van der Waals surface area contributed by atoms with Crippen molar-refractivity contribution in [2.24, 2.45) is 0 Å². The second-order valence-electron chi connectivity index (χ2n) is 3.88. The van der Waals surface area contributed by atoms with Gasteiger partial charge in [-0.2, -0.15) is 4.68 Å². The predicted octanol–water partition coefficient (Wildman–Crippen LogP) is 2.61. The molecule has 94 valence electrons. The standard InChI is InChI=1S/C13H8F2N4/c14-10-6-7-12(11(15)8-10)19-13(16-17-18-19)9-4-2-1-3-5-9/h1-8H. The van der Waals surface area contributed by atoms with Gasteiger partial charge in [-0.25, -0.2) is 8.78 Å². The Hall–Kier alpha value is -2.63. The molecule has 3 rings (SSSR count). The Morgan fingerprint density at radius 1 is 0.947 bits per heavy atom. The molecule has 0 radical (unpaired) electrons. The third kappa shape index (κ3) is 2.08. The smallest absolute Gasteiger partial charge is 0.187 e. The molecular formula is C13H8F2N4. The topological polar surface area (TPSA) is 43.6 Å². The monoisotopic (exact) mass is 258 g/mol. The van der Waals surface area contributed by atoms with Gasteiger partial charge in [0.15, 0.2) is 11.6 Å². The second-order valence-corrected chi connectivity index (χ2v) is 3.88. The van der Waals surface area contributed by atoms with Crippen LogP contribution in [0.4, 0.5) is 8.78 Å². The van der Waals surface area contributed by atoms with E-state index in [1.807, 2.05) is 30.3 Å². The average Bonchev–Trinajstić information content (AvgIpc) is 2.89. The maximum Gasteiger partial charge on any atom is 0.187 e. The van der Waals surface area contributed by atoms with Crippen molar-refractivity contribution in [3.05, 3.63) is 60.2 Å². The third-order valence-corrected chi connectivity index (χ3v) is 2.64. The maximum atomic E-state index is 13.8. The van der Waals surface area contributed by atoms with Gasteiger partial charge in [0.25, 0.3) is 0 Å². The van der Waals surface area contributed by atoms with Crippen molar-refractivity contribution in [1.82, 2.24) is 20.2 Å². The van der Waals surface area contributed by atoms with Crippen LogP contribution in [0.1, 0.15) is 0 Å². The van der Waals surface area contributed by atoms with E-state index < -0.39 is 11.6 Å². The highest BCUT2D eigenvalue weighted by atomic mass is 19.1. The highest BCUT2D eigenvalue weighted by molar-refractivity contribution is 5.57. The van der Waals surface area contributed by atoms with Crippen LogP contribution in [0.5, 0.6) is 0 Å². The lowest BCUT2D eigenvalue weighted by Gasteiger charge is -2.05. The predicted molar refractivity (Wildman–Crippen MR) is 64.5 cm³/mol. The lowest BCUT2D eigenvalue weighted by atomic mass is 10.2. The molecule has 0 aliphatic carbocycles. The van der Waals surface area contributed by atoms with Gasteiger partial charge in [-0.3, -0.25) is 0 Å². The second kappa shape index (κ2) is 4.56. The average molecular weight is 258 g/mol. The number of halogens is 2. The van der Waals surface area contributed by atoms with E-state index in [2.05, 4.69) is 15.5 Å². The first-order chi connectivity index (χ1) is 9.25. The van der Waals surface area contributed by atoms with Crippen molar-refractivity contribution in [2.45, 2.75) is 0 Å². The molecule has 4 nitrogen and oxygen atoms in total. The number of nitrogens with zero attached hydrogens (tertiary/aromatic N) is 4. The van der Waals surface area contributed by atoms with Crippen LogP contribution in [0.25, 0.3) is 17.1 Å². The summed E-state index contributed by atoms with van der Waals surface area (Å²) >= 11 is 0. The normalized spacial score (nSPS) is 10.6. The Balaban J connectivity index is 2.15. The number of aromatic nitrogens is 4. The zero-order valence-electron chi connectivity index (χ0n) is 9.66. The number of hydrogen-bond donors (Lipinski definition) is 0. The number of tetrazole rings is 1. The summed E-state index contributed by atoms with van der Waals surface area (Å²) in [6, 6.07) is 12.4. The van der Waals surface area contributed by atoms with Gasteiger partial charge < -0.3 is 0 Å². The summed E-state index contributed by atoms with van der Waals surface area (Å²) in [4.78, 5) is 0. The van der Waals surface area contributed by atoms with Gasteiger partial charge in [0.2, 0.25) is 0 Å². The lowest BCUT2D eigenvalue weighted by Crippen LogP contribution is -2.03. The minimum atomic E-state index is -0.718. The zero-order chi connectivity index (χ0) is 13.2. The molecule has 0 fully saturated rings. The van der Waals surface area contributed by atoms with E-state index in [1.165, 1.54) is 10.7 Å². The van der Waals surface area contributed by atoms with Crippen molar-refractivity contribution in [2.75, 3.05) is 0 Å². The lowest BCUT2D eigenvalue weighted by molar-refractivity contribution is 0.572. The summed E-state index contributed by atoms with van der Waals surface area (Å²) in [7, 11) is 0.